The summed E-state index contributed by atoms with van der Waals surface area (Å²) in [4.78, 5) is 6.88. The fourth-order valence-electron chi connectivity index (χ4n) is 3.58. The van der Waals surface area contributed by atoms with Crippen LogP contribution in [-0.2, 0) is 13.1 Å². The first-order valence-corrected chi connectivity index (χ1v) is 9.63. The van der Waals surface area contributed by atoms with Crippen LogP contribution in [0.3, 0.4) is 0 Å². The second-order valence-electron chi connectivity index (χ2n) is 7.22. The number of rotatable bonds is 5. The van der Waals surface area contributed by atoms with Crippen molar-refractivity contribution in [3.63, 3.8) is 0 Å². The first kappa shape index (κ1) is 22.6. The van der Waals surface area contributed by atoms with Crippen LogP contribution in [0, 0.1) is 5.82 Å². The molecule has 0 radical (unpaired) electrons. The van der Waals surface area contributed by atoms with Gasteiger partial charge in [0.15, 0.2) is 5.96 Å². The smallest absolute Gasteiger partial charge is 0.191 e. The molecule has 4 nitrogen and oxygen atoms in total. The Hall–Kier alpha value is -1.67. The molecule has 28 heavy (non-hydrogen) atoms. The Morgan fingerprint density at radius 3 is 2.46 bits per heavy atom. The molecule has 1 heterocycles. The van der Waals surface area contributed by atoms with E-state index in [4.69, 9.17) is 0 Å². The van der Waals surface area contributed by atoms with E-state index >= 15 is 0 Å². The highest BCUT2D eigenvalue weighted by atomic mass is 127. The summed E-state index contributed by atoms with van der Waals surface area (Å²) in [6.07, 6.45) is 2.18. The van der Waals surface area contributed by atoms with Crippen molar-refractivity contribution in [1.82, 2.24) is 15.5 Å². The van der Waals surface area contributed by atoms with E-state index in [1.165, 1.54) is 17.7 Å². The van der Waals surface area contributed by atoms with Crippen LogP contribution in [0.4, 0.5) is 4.39 Å². The molecule has 3 rings (SSSR count). The van der Waals surface area contributed by atoms with Crippen molar-refractivity contribution in [2.24, 2.45) is 4.99 Å². The molecule has 2 aromatic carbocycles. The quantitative estimate of drug-likeness (QED) is 0.371. The zero-order valence-corrected chi connectivity index (χ0v) is 18.9. The highest BCUT2D eigenvalue weighted by Crippen LogP contribution is 2.20. The molecule has 2 atom stereocenters. The highest BCUT2D eigenvalue weighted by molar-refractivity contribution is 14.0. The zero-order chi connectivity index (χ0) is 19.1. The van der Waals surface area contributed by atoms with Gasteiger partial charge in [0.05, 0.1) is 0 Å². The molecule has 0 aliphatic carbocycles. The Labute approximate surface area is 184 Å². The number of likely N-dealkylation sites (tertiary alicyclic amines) is 1. The maximum Gasteiger partial charge on any atom is 0.191 e. The largest absolute Gasteiger partial charge is 0.354 e. The normalized spacial score (nSPS) is 20.3. The van der Waals surface area contributed by atoms with Crippen molar-refractivity contribution in [3.8, 4) is 0 Å². The van der Waals surface area contributed by atoms with Gasteiger partial charge >= 0.3 is 0 Å². The second-order valence-corrected chi connectivity index (χ2v) is 7.22. The van der Waals surface area contributed by atoms with Crippen LogP contribution < -0.4 is 10.6 Å². The minimum atomic E-state index is -0.211. The lowest BCUT2D eigenvalue weighted by Gasteiger charge is -2.38. The molecule has 1 aliphatic rings. The second kappa shape index (κ2) is 11.4. The van der Waals surface area contributed by atoms with Crippen molar-refractivity contribution < 1.29 is 4.39 Å². The van der Waals surface area contributed by atoms with Crippen LogP contribution >= 0.6 is 24.0 Å². The molecule has 1 aliphatic heterocycles. The molecular formula is C22H30FIN4. The van der Waals surface area contributed by atoms with E-state index in [1.54, 1.807) is 19.2 Å². The summed E-state index contributed by atoms with van der Waals surface area (Å²) in [5.41, 5.74) is 2.40. The van der Waals surface area contributed by atoms with Crippen molar-refractivity contribution in [1.29, 1.82) is 0 Å². The first-order chi connectivity index (χ1) is 13.1. The van der Waals surface area contributed by atoms with Gasteiger partial charge in [-0.3, -0.25) is 9.89 Å². The lowest BCUT2D eigenvalue weighted by molar-refractivity contribution is 0.134. The van der Waals surface area contributed by atoms with Gasteiger partial charge in [0.1, 0.15) is 5.82 Å². The Bertz CT molecular complexity index is 736. The molecule has 0 aromatic heterocycles. The molecule has 152 valence electrons. The van der Waals surface area contributed by atoms with Crippen LogP contribution in [-0.4, -0.2) is 36.5 Å². The summed E-state index contributed by atoms with van der Waals surface area (Å²) in [7, 11) is 1.79. The summed E-state index contributed by atoms with van der Waals surface area (Å²) >= 11 is 0. The van der Waals surface area contributed by atoms with Crippen LogP contribution in [0.25, 0.3) is 0 Å². The van der Waals surface area contributed by atoms with Crippen molar-refractivity contribution in [2.75, 3.05) is 13.6 Å². The third kappa shape index (κ3) is 6.74. The van der Waals surface area contributed by atoms with E-state index in [2.05, 4.69) is 57.8 Å². The average molecular weight is 496 g/mol. The maximum absolute atomic E-state index is 13.0. The summed E-state index contributed by atoms with van der Waals surface area (Å²) in [6, 6.07) is 18.1. The number of benzene rings is 2. The standard InChI is InChI=1S/C22H29FN4.HI/c1-17-14-21(12-13-27(17)16-19-6-4-3-5-7-19)26-22(24-2)25-15-18-8-10-20(23)11-9-18;/h3-11,17,21H,12-16H2,1-2H3,(H2,24,25,26);1H. The fraction of sp³-hybridized carbons (Fsp3) is 0.409. The van der Waals surface area contributed by atoms with E-state index in [-0.39, 0.29) is 29.8 Å². The Kier molecular flexibility index (Phi) is 9.18. The van der Waals surface area contributed by atoms with Crippen molar-refractivity contribution >= 4 is 29.9 Å². The molecular weight excluding hydrogens is 466 g/mol. The van der Waals surface area contributed by atoms with Gasteiger partial charge in [0.25, 0.3) is 0 Å². The van der Waals surface area contributed by atoms with E-state index in [9.17, 15) is 4.39 Å². The summed E-state index contributed by atoms with van der Waals surface area (Å²) in [5.74, 6) is 0.588. The van der Waals surface area contributed by atoms with Crippen LogP contribution in [0.1, 0.15) is 30.9 Å². The molecule has 0 saturated carbocycles. The average Bonchev–Trinajstić information content (AvgIpc) is 2.69. The van der Waals surface area contributed by atoms with Crippen molar-refractivity contribution in [2.45, 2.75) is 44.9 Å². The van der Waals surface area contributed by atoms with Gasteiger partial charge in [-0.25, -0.2) is 4.39 Å². The van der Waals surface area contributed by atoms with Gasteiger partial charge in [-0.2, -0.15) is 0 Å². The Morgan fingerprint density at radius 1 is 1.11 bits per heavy atom. The topological polar surface area (TPSA) is 39.7 Å². The molecule has 0 bridgehead atoms. The predicted molar refractivity (Wildman–Crippen MR) is 124 cm³/mol. The highest BCUT2D eigenvalue weighted by Gasteiger charge is 2.25. The maximum atomic E-state index is 13.0. The number of aliphatic imine (C=N–C) groups is 1. The van der Waals surface area contributed by atoms with Gasteiger partial charge in [0.2, 0.25) is 0 Å². The summed E-state index contributed by atoms with van der Waals surface area (Å²) in [6.45, 7) is 5.00. The number of nitrogens with zero attached hydrogens (tertiary/aromatic N) is 2. The Balaban J connectivity index is 0.00000280. The number of piperidine rings is 1. The molecule has 1 saturated heterocycles. The van der Waals surface area contributed by atoms with Gasteiger partial charge in [0, 0.05) is 38.8 Å². The monoisotopic (exact) mass is 496 g/mol. The fourth-order valence-corrected chi connectivity index (χ4v) is 3.58. The molecule has 2 unspecified atom stereocenters. The van der Waals surface area contributed by atoms with Gasteiger partial charge in [-0.1, -0.05) is 42.5 Å². The molecule has 0 amide bonds. The van der Waals surface area contributed by atoms with E-state index < -0.39 is 0 Å². The lowest BCUT2D eigenvalue weighted by atomic mass is 9.97. The van der Waals surface area contributed by atoms with Gasteiger partial charge < -0.3 is 10.6 Å². The van der Waals surface area contributed by atoms with Crippen LogP contribution in [0.2, 0.25) is 0 Å². The molecule has 1 fully saturated rings. The lowest BCUT2D eigenvalue weighted by Crippen LogP contribution is -2.51. The summed E-state index contributed by atoms with van der Waals surface area (Å²) in [5, 5.41) is 6.86. The molecule has 0 spiro atoms. The van der Waals surface area contributed by atoms with E-state index in [0.717, 1.165) is 37.5 Å². The van der Waals surface area contributed by atoms with E-state index in [1.807, 2.05) is 0 Å². The van der Waals surface area contributed by atoms with Crippen molar-refractivity contribution in [3.05, 3.63) is 71.5 Å². The predicted octanol–water partition coefficient (Wildman–Crippen LogP) is 4.16. The third-order valence-electron chi connectivity index (χ3n) is 5.18. The third-order valence-corrected chi connectivity index (χ3v) is 5.18. The van der Waals surface area contributed by atoms with Gasteiger partial charge in [-0.05, 0) is 43.0 Å². The van der Waals surface area contributed by atoms with Crippen LogP contribution in [0.15, 0.2) is 59.6 Å². The van der Waals surface area contributed by atoms with E-state index in [0.29, 0.717) is 18.6 Å². The number of hydrogen-bond acceptors (Lipinski definition) is 2. The summed E-state index contributed by atoms with van der Waals surface area (Å²) < 4.78 is 13.0. The zero-order valence-electron chi connectivity index (χ0n) is 16.6. The molecule has 2 N–H and O–H groups in total. The number of hydrogen-bond donors (Lipinski definition) is 2. The van der Waals surface area contributed by atoms with Gasteiger partial charge in [-0.15, -0.1) is 24.0 Å². The Morgan fingerprint density at radius 2 is 1.82 bits per heavy atom. The molecule has 2 aromatic rings. The SMILES string of the molecule is CN=C(NCc1ccc(F)cc1)NC1CCN(Cc2ccccc2)C(C)C1.I. The number of guanidine groups is 1. The minimum Gasteiger partial charge on any atom is -0.354 e. The molecule has 6 heteroatoms. The van der Waals surface area contributed by atoms with Crippen LogP contribution in [0.5, 0.6) is 0 Å². The first-order valence-electron chi connectivity index (χ1n) is 9.63. The number of nitrogens with one attached hydrogen (secondary N) is 2. The number of halogens is 2. The minimum absolute atomic E-state index is 0.